The van der Waals surface area contributed by atoms with Crippen molar-refractivity contribution >= 4 is 34.8 Å². The van der Waals surface area contributed by atoms with Gasteiger partial charge in [-0.25, -0.2) is 9.78 Å². The number of aliphatic carboxylic acids is 1. The van der Waals surface area contributed by atoms with Crippen molar-refractivity contribution in [3.05, 3.63) is 41.0 Å². The van der Waals surface area contributed by atoms with E-state index in [1.807, 2.05) is 57.5 Å². The van der Waals surface area contributed by atoms with Gasteiger partial charge in [-0.05, 0) is 29.9 Å². The molecule has 0 aliphatic carbocycles. The van der Waals surface area contributed by atoms with Crippen LogP contribution < -0.4 is 0 Å². The van der Waals surface area contributed by atoms with Gasteiger partial charge in [0.2, 0.25) is 5.91 Å². The normalized spacial score (nSPS) is 17.5. The van der Waals surface area contributed by atoms with Gasteiger partial charge in [-0.2, -0.15) is 0 Å². The zero-order valence-corrected chi connectivity index (χ0v) is 26.8. The van der Waals surface area contributed by atoms with Crippen molar-refractivity contribution in [2.75, 3.05) is 46.2 Å². The third-order valence-electron chi connectivity index (χ3n) is 7.56. The van der Waals surface area contributed by atoms with Crippen LogP contribution >= 0.6 is 11.3 Å². The van der Waals surface area contributed by atoms with Gasteiger partial charge in [0, 0.05) is 31.7 Å². The smallest absolute Gasteiger partial charge is 0.329 e. The van der Waals surface area contributed by atoms with Gasteiger partial charge >= 0.3 is 5.97 Å². The maximum atomic E-state index is 13.8. The average Bonchev–Trinajstić information content (AvgIpc) is 3.58. The number of benzene rings is 1. The van der Waals surface area contributed by atoms with Crippen molar-refractivity contribution in [3.63, 3.8) is 0 Å². The SMILES string of the molecule is Cc1ncsc1-c1ccc(CCC(=O)[C@@H]2C[C@@H](O)CN2C(=O)[C@@H](CC(=O)COCCOCCOCC(=O)O)C(C)(C)C)cc1. The topological polar surface area (TPSA) is 153 Å². The Bertz CT molecular complexity index is 1260. The van der Waals surface area contributed by atoms with Crippen molar-refractivity contribution in [3.8, 4) is 10.4 Å². The molecule has 0 bridgehead atoms. The number of thiazole rings is 1. The number of rotatable bonds is 18. The van der Waals surface area contributed by atoms with E-state index in [4.69, 9.17) is 19.3 Å². The molecule has 11 nitrogen and oxygen atoms in total. The number of Topliss-reactive ketones (excluding diaryl/α,β-unsaturated/α-hetero) is 2. The lowest BCUT2D eigenvalue weighted by Gasteiger charge is -2.34. The Kier molecular flexibility index (Phi) is 13.6. The Morgan fingerprint density at radius 1 is 1.02 bits per heavy atom. The van der Waals surface area contributed by atoms with E-state index < -0.39 is 36.1 Å². The van der Waals surface area contributed by atoms with Crippen LogP contribution in [-0.2, 0) is 39.8 Å². The number of aliphatic hydroxyl groups is 1. The number of hydrogen-bond donors (Lipinski definition) is 2. The molecule has 0 spiro atoms. The Balaban J connectivity index is 1.50. The van der Waals surface area contributed by atoms with Crippen molar-refractivity contribution in [2.24, 2.45) is 11.3 Å². The molecule has 1 aliphatic rings. The monoisotopic (exact) mass is 632 g/mol. The number of nitrogens with zero attached hydrogens (tertiary/aromatic N) is 2. The van der Waals surface area contributed by atoms with Crippen LogP contribution in [0.25, 0.3) is 10.4 Å². The lowest BCUT2D eigenvalue weighted by Crippen LogP contribution is -2.47. The summed E-state index contributed by atoms with van der Waals surface area (Å²) in [5, 5.41) is 19.0. The largest absolute Gasteiger partial charge is 0.480 e. The number of aryl methyl sites for hydroxylation is 2. The lowest BCUT2D eigenvalue weighted by atomic mass is 9.76. The molecule has 12 heteroatoms. The molecule has 1 saturated heterocycles. The Labute approximate surface area is 262 Å². The van der Waals surface area contributed by atoms with E-state index in [1.165, 1.54) is 4.90 Å². The van der Waals surface area contributed by atoms with Gasteiger partial charge in [-0.15, -0.1) is 11.3 Å². The first-order valence-corrected chi connectivity index (χ1v) is 15.7. The number of carboxylic acids is 1. The standard InChI is InChI=1S/C32H44N2O9S/c1-21-30(44-20-33-21)23-8-5-22(6-9-23)7-10-28(37)27-16-24(35)17-34(27)31(40)26(32(2,3)4)15-25(36)18-42-13-11-41-12-14-43-19-29(38)39/h5-6,8-9,20,24,26-27,35H,7,10-19H2,1-4H3,(H,38,39)/t24-,26-,27+/m1/s1. The summed E-state index contributed by atoms with van der Waals surface area (Å²) in [6.07, 6.45) is 0.0896. The van der Waals surface area contributed by atoms with Gasteiger partial charge in [-0.3, -0.25) is 14.4 Å². The van der Waals surface area contributed by atoms with E-state index >= 15 is 0 Å². The molecule has 2 N–H and O–H groups in total. The minimum atomic E-state index is -1.05. The fourth-order valence-corrected chi connectivity index (χ4v) is 5.94. The molecule has 44 heavy (non-hydrogen) atoms. The second-order valence-electron chi connectivity index (χ2n) is 12.1. The second kappa shape index (κ2) is 16.9. The first kappa shape index (κ1) is 35.4. The van der Waals surface area contributed by atoms with Crippen LogP contribution in [0.2, 0.25) is 0 Å². The Morgan fingerprint density at radius 3 is 2.25 bits per heavy atom. The predicted molar refractivity (Wildman–Crippen MR) is 164 cm³/mol. The van der Waals surface area contributed by atoms with Gasteiger partial charge in [0.1, 0.15) is 13.2 Å². The van der Waals surface area contributed by atoms with Gasteiger partial charge in [0.15, 0.2) is 11.6 Å². The lowest BCUT2D eigenvalue weighted by molar-refractivity contribution is -0.146. The molecule has 242 valence electrons. The molecule has 3 atom stereocenters. The number of likely N-dealkylation sites (tertiary alicyclic amines) is 1. The number of carbonyl (C=O) groups is 4. The molecule has 1 fully saturated rings. The number of ketones is 2. The molecular formula is C32H44N2O9S. The number of aromatic nitrogens is 1. The maximum absolute atomic E-state index is 13.8. The number of carbonyl (C=O) groups excluding carboxylic acids is 3. The summed E-state index contributed by atoms with van der Waals surface area (Å²) < 4.78 is 15.6. The molecular weight excluding hydrogens is 588 g/mol. The molecule has 3 rings (SSSR count). The van der Waals surface area contributed by atoms with Crippen LogP contribution in [-0.4, -0.2) is 102 Å². The number of aliphatic hydroxyl groups excluding tert-OH is 1. The summed E-state index contributed by atoms with van der Waals surface area (Å²) in [7, 11) is 0. The van der Waals surface area contributed by atoms with Gasteiger partial charge < -0.3 is 29.3 Å². The summed E-state index contributed by atoms with van der Waals surface area (Å²) in [5.74, 6) is -2.41. The fourth-order valence-electron chi connectivity index (χ4n) is 5.13. The van der Waals surface area contributed by atoms with E-state index in [2.05, 4.69) is 4.98 Å². The first-order valence-electron chi connectivity index (χ1n) is 14.8. The summed E-state index contributed by atoms with van der Waals surface area (Å²) in [4.78, 5) is 57.2. The van der Waals surface area contributed by atoms with Crippen LogP contribution in [0.3, 0.4) is 0 Å². The van der Waals surface area contributed by atoms with Crippen molar-refractivity contribution in [2.45, 2.75) is 65.5 Å². The summed E-state index contributed by atoms with van der Waals surface area (Å²) in [6, 6.07) is 7.32. The molecule has 2 aromatic rings. The van der Waals surface area contributed by atoms with Crippen molar-refractivity contribution < 1.29 is 43.6 Å². The van der Waals surface area contributed by atoms with Crippen LogP contribution in [0.4, 0.5) is 0 Å². The average molecular weight is 633 g/mol. The predicted octanol–water partition coefficient (Wildman–Crippen LogP) is 3.34. The molecule has 0 saturated carbocycles. The summed E-state index contributed by atoms with van der Waals surface area (Å²) in [6.45, 7) is 7.78. The minimum absolute atomic E-state index is 0.0503. The van der Waals surface area contributed by atoms with E-state index in [-0.39, 0.29) is 76.3 Å². The molecule has 1 amide bonds. The van der Waals surface area contributed by atoms with E-state index in [0.717, 1.165) is 21.7 Å². The fraction of sp³-hybridized carbons (Fsp3) is 0.594. The molecule has 0 unspecified atom stereocenters. The summed E-state index contributed by atoms with van der Waals surface area (Å²) in [5.41, 5.74) is 4.33. The van der Waals surface area contributed by atoms with Gasteiger partial charge in [-0.1, -0.05) is 45.0 Å². The maximum Gasteiger partial charge on any atom is 0.329 e. The van der Waals surface area contributed by atoms with Gasteiger partial charge in [0.05, 0.1) is 54.7 Å². The van der Waals surface area contributed by atoms with Crippen LogP contribution in [0.1, 0.15) is 51.3 Å². The Hall–Kier alpha value is -3.03. The second-order valence-corrected chi connectivity index (χ2v) is 13.0. The number of hydrogen-bond acceptors (Lipinski definition) is 10. The van der Waals surface area contributed by atoms with Gasteiger partial charge in [0.25, 0.3) is 0 Å². The van der Waals surface area contributed by atoms with E-state index in [0.29, 0.717) is 6.42 Å². The van der Waals surface area contributed by atoms with Crippen molar-refractivity contribution in [1.82, 2.24) is 9.88 Å². The molecule has 1 aromatic heterocycles. The quantitative estimate of drug-likeness (QED) is 0.234. The highest BCUT2D eigenvalue weighted by Crippen LogP contribution is 2.34. The highest BCUT2D eigenvalue weighted by atomic mass is 32.1. The summed E-state index contributed by atoms with van der Waals surface area (Å²) >= 11 is 1.59. The number of carboxylic acid groups (broad SMARTS) is 1. The van der Waals surface area contributed by atoms with Crippen LogP contribution in [0.15, 0.2) is 29.8 Å². The molecule has 2 heterocycles. The highest BCUT2D eigenvalue weighted by molar-refractivity contribution is 7.13. The highest BCUT2D eigenvalue weighted by Gasteiger charge is 2.44. The van der Waals surface area contributed by atoms with E-state index in [1.54, 1.807) is 11.3 Å². The number of ether oxygens (including phenoxy) is 3. The zero-order valence-electron chi connectivity index (χ0n) is 26.0. The first-order chi connectivity index (χ1) is 20.9. The molecule has 1 aromatic carbocycles. The van der Waals surface area contributed by atoms with E-state index in [9.17, 15) is 24.3 Å². The van der Waals surface area contributed by atoms with Crippen LogP contribution in [0, 0.1) is 18.3 Å². The number of amides is 1. The Morgan fingerprint density at radius 2 is 1.66 bits per heavy atom. The molecule has 0 radical (unpaired) electrons. The third kappa shape index (κ3) is 10.8. The number of β-amino-alcohol motifs (C(OH)–C–C–N with tert-alkyl or cyclic N) is 1. The minimum Gasteiger partial charge on any atom is -0.480 e. The third-order valence-corrected chi connectivity index (χ3v) is 8.54. The van der Waals surface area contributed by atoms with Crippen LogP contribution in [0.5, 0.6) is 0 Å². The van der Waals surface area contributed by atoms with Crippen molar-refractivity contribution in [1.29, 1.82) is 0 Å². The molecule has 1 aliphatic heterocycles. The zero-order chi connectivity index (χ0) is 32.3.